The van der Waals surface area contributed by atoms with Crippen LogP contribution in [0.25, 0.3) is 0 Å². The van der Waals surface area contributed by atoms with Crippen LogP contribution in [0.4, 0.5) is 5.69 Å². The van der Waals surface area contributed by atoms with Crippen molar-refractivity contribution in [1.29, 1.82) is 0 Å². The Bertz CT molecular complexity index is 361. The van der Waals surface area contributed by atoms with Crippen LogP contribution < -0.4 is 5.32 Å². The molecular weight excluding hydrogens is 210 g/mol. The summed E-state index contributed by atoms with van der Waals surface area (Å²) in [6.07, 6.45) is 1.19. The van der Waals surface area contributed by atoms with Crippen molar-refractivity contribution < 1.29 is 4.74 Å². The van der Waals surface area contributed by atoms with Crippen molar-refractivity contribution in [3.05, 3.63) is 29.8 Å². The molecule has 2 heteroatoms. The van der Waals surface area contributed by atoms with Crippen molar-refractivity contribution in [2.75, 3.05) is 25.1 Å². The molecule has 94 valence electrons. The van der Waals surface area contributed by atoms with E-state index in [4.69, 9.17) is 4.74 Å². The highest BCUT2D eigenvalue weighted by atomic mass is 16.5. The minimum Gasteiger partial charge on any atom is -0.385 e. The topological polar surface area (TPSA) is 21.3 Å². The van der Waals surface area contributed by atoms with Gasteiger partial charge in [-0.05, 0) is 29.5 Å². The first-order valence-corrected chi connectivity index (χ1v) is 6.48. The van der Waals surface area contributed by atoms with E-state index in [0.717, 1.165) is 19.8 Å². The van der Waals surface area contributed by atoms with Crippen molar-refractivity contribution >= 4 is 5.69 Å². The molecule has 1 aliphatic rings. The third-order valence-electron chi connectivity index (χ3n) is 3.35. The van der Waals surface area contributed by atoms with Gasteiger partial charge in [0.05, 0.1) is 6.61 Å². The SMILES string of the molecule is CC(C)(C)c1cccc(NCC2CCOC2)c1. The lowest BCUT2D eigenvalue weighted by Gasteiger charge is -2.20. The Morgan fingerprint density at radius 3 is 2.82 bits per heavy atom. The number of hydrogen-bond donors (Lipinski definition) is 1. The Morgan fingerprint density at radius 2 is 2.18 bits per heavy atom. The smallest absolute Gasteiger partial charge is 0.0511 e. The molecule has 0 aromatic heterocycles. The van der Waals surface area contributed by atoms with E-state index in [9.17, 15) is 0 Å². The lowest BCUT2D eigenvalue weighted by molar-refractivity contribution is 0.187. The molecule has 0 spiro atoms. The monoisotopic (exact) mass is 233 g/mol. The first-order valence-electron chi connectivity index (χ1n) is 6.48. The average molecular weight is 233 g/mol. The predicted octanol–water partition coefficient (Wildman–Crippen LogP) is 3.43. The van der Waals surface area contributed by atoms with Crippen molar-refractivity contribution in [3.8, 4) is 0 Å². The molecule has 0 aliphatic carbocycles. The molecule has 1 unspecified atom stereocenters. The molecule has 17 heavy (non-hydrogen) atoms. The highest BCUT2D eigenvalue weighted by Gasteiger charge is 2.16. The third-order valence-corrected chi connectivity index (χ3v) is 3.35. The van der Waals surface area contributed by atoms with Gasteiger partial charge in [0.1, 0.15) is 0 Å². The number of hydrogen-bond acceptors (Lipinski definition) is 2. The molecule has 0 radical (unpaired) electrons. The zero-order chi connectivity index (χ0) is 12.3. The molecule has 1 aliphatic heterocycles. The minimum absolute atomic E-state index is 0.216. The molecule has 1 saturated heterocycles. The van der Waals surface area contributed by atoms with Crippen LogP contribution in [0.2, 0.25) is 0 Å². The maximum absolute atomic E-state index is 5.38. The first-order chi connectivity index (χ1) is 8.05. The number of nitrogens with one attached hydrogen (secondary N) is 1. The van der Waals surface area contributed by atoms with E-state index in [2.05, 4.69) is 50.4 Å². The molecule has 1 aromatic carbocycles. The van der Waals surface area contributed by atoms with E-state index in [1.807, 2.05) is 0 Å². The summed E-state index contributed by atoms with van der Waals surface area (Å²) in [6.45, 7) is 9.60. The van der Waals surface area contributed by atoms with Crippen LogP contribution in [-0.2, 0) is 10.2 Å². The molecule has 0 saturated carbocycles. The van der Waals surface area contributed by atoms with E-state index >= 15 is 0 Å². The van der Waals surface area contributed by atoms with E-state index in [-0.39, 0.29) is 5.41 Å². The Balaban J connectivity index is 1.96. The van der Waals surface area contributed by atoms with Crippen molar-refractivity contribution in [2.24, 2.45) is 5.92 Å². The van der Waals surface area contributed by atoms with Gasteiger partial charge in [0.15, 0.2) is 0 Å². The van der Waals surface area contributed by atoms with Crippen LogP contribution in [0.15, 0.2) is 24.3 Å². The second-order valence-electron chi connectivity index (χ2n) is 5.94. The number of anilines is 1. The van der Waals surface area contributed by atoms with Gasteiger partial charge in [-0.15, -0.1) is 0 Å². The lowest BCUT2D eigenvalue weighted by Crippen LogP contribution is -2.15. The van der Waals surface area contributed by atoms with Gasteiger partial charge in [0, 0.05) is 24.8 Å². The van der Waals surface area contributed by atoms with Crippen molar-refractivity contribution in [1.82, 2.24) is 0 Å². The highest BCUT2D eigenvalue weighted by Crippen LogP contribution is 2.25. The van der Waals surface area contributed by atoms with Gasteiger partial charge in [-0.25, -0.2) is 0 Å². The van der Waals surface area contributed by atoms with E-state index < -0.39 is 0 Å². The second kappa shape index (κ2) is 5.09. The fraction of sp³-hybridized carbons (Fsp3) is 0.600. The fourth-order valence-electron chi connectivity index (χ4n) is 2.10. The van der Waals surface area contributed by atoms with Gasteiger partial charge < -0.3 is 10.1 Å². The fourth-order valence-corrected chi connectivity index (χ4v) is 2.10. The number of benzene rings is 1. The van der Waals surface area contributed by atoms with Crippen LogP contribution in [0, 0.1) is 5.92 Å². The van der Waals surface area contributed by atoms with Crippen LogP contribution in [0.5, 0.6) is 0 Å². The van der Waals surface area contributed by atoms with Crippen LogP contribution in [0.3, 0.4) is 0 Å². The van der Waals surface area contributed by atoms with E-state index in [1.165, 1.54) is 17.7 Å². The summed E-state index contributed by atoms with van der Waals surface area (Å²) in [6, 6.07) is 8.73. The largest absolute Gasteiger partial charge is 0.385 e. The summed E-state index contributed by atoms with van der Waals surface area (Å²) in [5, 5.41) is 3.52. The molecule has 1 heterocycles. The summed E-state index contributed by atoms with van der Waals surface area (Å²) in [7, 11) is 0. The van der Waals surface area contributed by atoms with Gasteiger partial charge >= 0.3 is 0 Å². The van der Waals surface area contributed by atoms with Gasteiger partial charge in [0.25, 0.3) is 0 Å². The van der Waals surface area contributed by atoms with E-state index in [0.29, 0.717) is 5.92 Å². The van der Waals surface area contributed by atoms with Gasteiger partial charge in [-0.1, -0.05) is 32.9 Å². The third kappa shape index (κ3) is 3.47. The maximum atomic E-state index is 5.38. The molecular formula is C15H23NO. The van der Waals surface area contributed by atoms with Crippen molar-refractivity contribution in [2.45, 2.75) is 32.6 Å². The molecule has 1 fully saturated rings. The van der Waals surface area contributed by atoms with Crippen molar-refractivity contribution in [3.63, 3.8) is 0 Å². The summed E-state index contributed by atoms with van der Waals surface area (Å²) >= 11 is 0. The van der Waals surface area contributed by atoms with Gasteiger partial charge in [0.2, 0.25) is 0 Å². The Morgan fingerprint density at radius 1 is 1.35 bits per heavy atom. The first kappa shape index (κ1) is 12.4. The standard InChI is InChI=1S/C15H23NO/c1-15(2,3)13-5-4-6-14(9-13)16-10-12-7-8-17-11-12/h4-6,9,12,16H,7-8,10-11H2,1-3H3. The zero-order valence-corrected chi connectivity index (χ0v) is 11.1. The molecule has 2 nitrogen and oxygen atoms in total. The second-order valence-corrected chi connectivity index (χ2v) is 5.94. The summed E-state index contributed by atoms with van der Waals surface area (Å²) < 4.78 is 5.38. The summed E-state index contributed by atoms with van der Waals surface area (Å²) in [5.74, 6) is 0.674. The van der Waals surface area contributed by atoms with Crippen LogP contribution >= 0.6 is 0 Å². The normalized spacial score (nSPS) is 20.5. The van der Waals surface area contributed by atoms with Crippen LogP contribution in [-0.4, -0.2) is 19.8 Å². The Kier molecular flexibility index (Phi) is 3.72. The molecule has 1 aromatic rings. The number of ether oxygens (including phenoxy) is 1. The summed E-state index contributed by atoms with van der Waals surface area (Å²) in [4.78, 5) is 0. The lowest BCUT2D eigenvalue weighted by atomic mass is 9.87. The zero-order valence-electron chi connectivity index (χ0n) is 11.1. The predicted molar refractivity (Wildman–Crippen MR) is 72.6 cm³/mol. The summed E-state index contributed by atoms with van der Waals surface area (Å²) in [5.41, 5.74) is 2.82. The average Bonchev–Trinajstić information content (AvgIpc) is 2.78. The molecule has 0 bridgehead atoms. The van der Waals surface area contributed by atoms with Crippen LogP contribution in [0.1, 0.15) is 32.8 Å². The molecule has 1 N–H and O–H groups in total. The number of rotatable bonds is 3. The molecule has 0 amide bonds. The van der Waals surface area contributed by atoms with Gasteiger partial charge in [-0.2, -0.15) is 0 Å². The highest BCUT2D eigenvalue weighted by molar-refractivity contribution is 5.47. The Hall–Kier alpha value is -1.02. The molecule has 1 atom stereocenters. The maximum Gasteiger partial charge on any atom is 0.0511 e. The van der Waals surface area contributed by atoms with Gasteiger partial charge in [-0.3, -0.25) is 0 Å². The Labute approximate surface area is 104 Å². The quantitative estimate of drug-likeness (QED) is 0.863. The minimum atomic E-state index is 0.216. The molecule has 2 rings (SSSR count). The van der Waals surface area contributed by atoms with E-state index in [1.54, 1.807) is 0 Å².